The summed E-state index contributed by atoms with van der Waals surface area (Å²) in [5.41, 5.74) is 0. The first kappa shape index (κ1) is 7.96. The van der Waals surface area contributed by atoms with Crippen molar-refractivity contribution in [2.24, 2.45) is 0 Å². The van der Waals surface area contributed by atoms with Crippen molar-refractivity contribution in [1.29, 1.82) is 0 Å². The van der Waals surface area contributed by atoms with Gasteiger partial charge in [0.2, 0.25) is 0 Å². The van der Waals surface area contributed by atoms with Crippen molar-refractivity contribution in [3.63, 3.8) is 0 Å². The van der Waals surface area contributed by atoms with E-state index in [0.29, 0.717) is 6.10 Å². The lowest BCUT2D eigenvalue weighted by molar-refractivity contribution is 0.0621. The van der Waals surface area contributed by atoms with E-state index >= 15 is 0 Å². The van der Waals surface area contributed by atoms with Gasteiger partial charge in [-0.05, 0) is 19.8 Å². The van der Waals surface area contributed by atoms with Crippen molar-refractivity contribution in [1.82, 2.24) is 0 Å². The highest BCUT2D eigenvalue weighted by molar-refractivity contribution is 4.54. The van der Waals surface area contributed by atoms with Gasteiger partial charge in [-0.15, -0.1) is 0 Å². The number of hydrogen-bond acceptors (Lipinski definition) is 1. The molecule has 0 fully saturated rings. The summed E-state index contributed by atoms with van der Waals surface area (Å²) in [4.78, 5) is 0. The third-order valence-electron chi connectivity index (χ3n) is 1.18. The lowest BCUT2D eigenvalue weighted by Crippen LogP contribution is -2.09. The predicted octanol–water partition coefficient (Wildman–Crippen LogP) is 2.03. The Hall–Kier alpha value is -0.0400. The van der Waals surface area contributed by atoms with Gasteiger partial charge in [-0.1, -0.05) is 13.8 Å². The second-order valence-corrected chi connectivity index (χ2v) is 1.77. The molecule has 0 aliphatic carbocycles. The molecular formula is C7H15O. The molecule has 49 valence electrons. The molecule has 0 unspecified atom stereocenters. The Balaban J connectivity index is 3.07. The first-order valence-electron chi connectivity index (χ1n) is 3.26. The molecule has 0 spiro atoms. The molecule has 0 heterocycles. The summed E-state index contributed by atoms with van der Waals surface area (Å²) in [6.45, 7) is 8.69. The van der Waals surface area contributed by atoms with Crippen molar-refractivity contribution in [2.45, 2.75) is 32.8 Å². The molecule has 8 heavy (non-hydrogen) atoms. The minimum atomic E-state index is 0.389. The molecule has 1 nitrogen and oxygen atoms in total. The Kier molecular flexibility index (Phi) is 5.08. The lowest BCUT2D eigenvalue weighted by atomic mass is 10.2. The van der Waals surface area contributed by atoms with Crippen LogP contribution >= 0.6 is 0 Å². The van der Waals surface area contributed by atoms with E-state index in [-0.39, 0.29) is 0 Å². The van der Waals surface area contributed by atoms with Crippen LogP contribution < -0.4 is 0 Å². The van der Waals surface area contributed by atoms with Gasteiger partial charge in [-0.25, -0.2) is 0 Å². The highest BCUT2D eigenvalue weighted by Gasteiger charge is 1.98. The highest BCUT2D eigenvalue weighted by Crippen LogP contribution is 2.00. The van der Waals surface area contributed by atoms with Crippen LogP contribution in [-0.4, -0.2) is 12.7 Å². The van der Waals surface area contributed by atoms with Crippen LogP contribution in [0.25, 0.3) is 0 Å². The summed E-state index contributed by atoms with van der Waals surface area (Å²) in [5, 5.41) is 0. The Morgan fingerprint density at radius 3 is 2.25 bits per heavy atom. The maximum absolute atomic E-state index is 5.28. The molecule has 0 aromatic rings. The minimum absolute atomic E-state index is 0.389. The van der Waals surface area contributed by atoms with Gasteiger partial charge in [0.15, 0.2) is 0 Å². The normalized spacial score (nSPS) is 10.5. The second kappa shape index (κ2) is 5.10. The molecule has 0 rings (SSSR count). The molecule has 0 saturated carbocycles. The molecule has 0 aliphatic rings. The summed E-state index contributed by atoms with van der Waals surface area (Å²) in [6, 6.07) is 0. The fraction of sp³-hybridized carbons (Fsp3) is 0.857. The summed E-state index contributed by atoms with van der Waals surface area (Å²) in [6.07, 6.45) is 2.36. The first-order chi connectivity index (χ1) is 3.85. The zero-order chi connectivity index (χ0) is 6.41. The van der Waals surface area contributed by atoms with Crippen LogP contribution in [0.5, 0.6) is 0 Å². The molecule has 0 saturated heterocycles. The fourth-order valence-electron chi connectivity index (χ4n) is 0.641. The minimum Gasteiger partial charge on any atom is -0.379 e. The van der Waals surface area contributed by atoms with Gasteiger partial charge in [0.1, 0.15) is 0 Å². The Bertz CT molecular complexity index is 39.7. The van der Waals surface area contributed by atoms with E-state index in [4.69, 9.17) is 4.74 Å². The van der Waals surface area contributed by atoms with Gasteiger partial charge in [-0.2, -0.15) is 0 Å². The zero-order valence-electron chi connectivity index (χ0n) is 5.81. The summed E-state index contributed by atoms with van der Waals surface area (Å²) < 4.78 is 5.28. The smallest absolute Gasteiger partial charge is 0.0572 e. The van der Waals surface area contributed by atoms with Gasteiger partial charge >= 0.3 is 0 Å². The van der Waals surface area contributed by atoms with Crippen molar-refractivity contribution < 1.29 is 4.74 Å². The molecular weight excluding hydrogens is 100 g/mol. The van der Waals surface area contributed by atoms with E-state index in [1.54, 1.807) is 0 Å². The van der Waals surface area contributed by atoms with Crippen molar-refractivity contribution >= 4 is 0 Å². The van der Waals surface area contributed by atoms with E-state index < -0.39 is 0 Å². The van der Waals surface area contributed by atoms with Crippen LogP contribution in [0.2, 0.25) is 0 Å². The average Bonchev–Trinajstić information content (AvgIpc) is 1.83. The molecule has 0 bridgehead atoms. The van der Waals surface area contributed by atoms with Crippen LogP contribution in [0.15, 0.2) is 0 Å². The lowest BCUT2D eigenvalue weighted by Gasteiger charge is -2.10. The quantitative estimate of drug-likeness (QED) is 0.544. The van der Waals surface area contributed by atoms with Gasteiger partial charge < -0.3 is 4.74 Å². The fourth-order valence-corrected chi connectivity index (χ4v) is 0.641. The van der Waals surface area contributed by atoms with Crippen LogP contribution in [0, 0.1) is 6.92 Å². The standard InChI is InChI=1S/C7H15O/c1-4-7(5-2)8-6-3/h7H,1,4-6H2,2-3H3/t7-/m1/s1. The maximum atomic E-state index is 5.28. The molecule has 1 radical (unpaired) electrons. The zero-order valence-corrected chi connectivity index (χ0v) is 5.81. The van der Waals surface area contributed by atoms with Crippen LogP contribution in [0.3, 0.4) is 0 Å². The van der Waals surface area contributed by atoms with Gasteiger partial charge in [-0.3, -0.25) is 0 Å². The van der Waals surface area contributed by atoms with Gasteiger partial charge in [0.05, 0.1) is 6.10 Å². The maximum Gasteiger partial charge on any atom is 0.0572 e. The molecule has 1 atom stereocenters. The largest absolute Gasteiger partial charge is 0.379 e. The van der Waals surface area contributed by atoms with Crippen molar-refractivity contribution in [3.05, 3.63) is 6.92 Å². The summed E-state index contributed by atoms with van der Waals surface area (Å²) in [5.74, 6) is 0. The average molecular weight is 115 g/mol. The number of ether oxygens (including phenoxy) is 1. The van der Waals surface area contributed by atoms with E-state index in [1.165, 1.54) is 0 Å². The third-order valence-corrected chi connectivity index (χ3v) is 1.18. The molecule has 0 N–H and O–H groups in total. The molecule has 0 aliphatic heterocycles. The third kappa shape index (κ3) is 3.03. The molecule has 0 aromatic heterocycles. The van der Waals surface area contributed by atoms with Crippen molar-refractivity contribution in [2.75, 3.05) is 6.61 Å². The van der Waals surface area contributed by atoms with E-state index in [1.807, 2.05) is 6.92 Å². The second-order valence-electron chi connectivity index (χ2n) is 1.77. The van der Waals surface area contributed by atoms with Crippen LogP contribution in [0.1, 0.15) is 26.7 Å². The Labute approximate surface area is 52.0 Å². The Morgan fingerprint density at radius 1 is 1.50 bits per heavy atom. The van der Waals surface area contributed by atoms with E-state index in [0.717, 1.165) is 19.4 Å². The summed E-state index contributed by atoms with van der Waals surface area (Å²) in [7, 11) is 0. The van der Waals surface area contributed by atoms with Gasteiger partial charge in [0, 0.05) is 6.61 Å². The summed E-state index contributed by atoms with van der Waals surface area (Å²) >= 11 is 0. The number of hydrogen-bond donors (Lipinski definition) is 0. The topological polar surface area (TPSA) is 9.23 Å². The molecule has 0 amide bonds. The SMILES string of the molecule is [CH2]C[C@H](CC)OCC. The van der Waals surface area contributed by atoms with Crippen LogP contribution in [-0.2, 0) is 4.74 Å². The Morgan fingerprint density at radius 2 is 2.12 bits per heavy atom. The molecule has 0 aromatic carbocycles. The van der Waals surface area contributed by atoms with Gasteiger partial charge in [0.25, 0.3) is 0 Å². The molecule has 1 heteroatoms. The predicted molar refractivity (Wildman–Crippen MR) is 35.7 cm³/mol. The highest BCUT2D eigenvalue weighted by atomic mass is 16.5. The number of rotatable bonds is 4. The van der Waals surface area contributed by atoms with E-state index in [2.05, 4.69) is 13.8 Å². The van der Waals surface area contributed by atoms with Crippen molar-refractivity contribution in [3.8, 4) is 0 Å². The monoisotopic (exact) mass is 115 g/mol. The van der Waals surface area contributed by atoms with E-state index in [9.17, 15) is 0 Å². The first-order valence-corrected chi connectivity index (χ1v) is 3.26. The van der Waals surface area contributed by atoms with Crippen LogP contribution in [0.4, 0.5) is 0 Å².